The normalized spacial score (nSPS) is 17.5. The van der Waals surface area contributed by atoms with Crippen molar-refractivity contribution in [1.29, 1.82) is 0 Å². The van der Waals surface area contributed by atoms with Crippen molar-refractivity contribution in [3.05, 3.63) is 79.5 Å². The van der Waals surface area contributed by atoms with Crippen molar-refractivity contribution in [3.63, 3.8) is 0 Å². The maximum Gasteiger partial charge on any atom is 0.300 e. The van der Waals surface area contributed by atoms with Crippen LogP contribution in [0.25, 0.3) is 5.76 Å². The van der Waals surface area contributed by atoms with E-state index in [0.29, 0.717) is 22.7 Å². The molecule has 1 aliphatic heterocycles. The minimum absolute atomic E-state index is 0.0501. The molecule has 1 aliphatic rings. The second kappa shape index (κ2) is 9.03. The van der Waals surface area contributed by atoms with Crippen LogP contribution in [0, 0.1) is 13.8 Å². The molecule has 3 aromatic rings. The Morgan fingerprint density at radius 3 is 2.21 bits per heavy atom. The third kappa shape index (κ3) is 4.05. The number of halogens is 1. The summed E-state index contributed by atoms with van der Waals surface area (Å²) in [6.45, 7) is 3.81. The maximum atomic E-state index is 13.3. The topological polar surface area (TPSA) is 76.1 Å². The third-order valence-corrected chi connectivity index (χ3v) is 7.60. The molecule has 4 rings (SSSR count). The monoisotopic (exact) mass is 527 g/mol. The zero-order valence-electron chi connectivity index (χ0n) is 18.5. The summed E-state index contributed by atoms with van der Waals surface area (Å²) >= 11 is 4.88. The van der Waals surface area contributed by atoms with Gasteiger partial charge in [-0.3, -0.25) is 14.5 Å². The number of aryl methyl sites for hydroxylation is 2. The molecule has 1 N–H and O–H groups in total. The van der Waals surface area contributed by atoms with Crippen LogP contribution < -0.4 is 14.4 Å². The molecule has 0 aliphatic carbocycles. The smallest absolute Gasteiger partial charge is 0.300 e. The lowest BCUT2D eigenvalue weighted by Crippen LogP contribution is -2.29. The van der Waals surface area contributed by atoms with Gasteiger partial charge in [0.25, 0.3) is 11.7 Å². The van der Waals surface area contributed by atoms with Gasteiger partial charge in [0.2, 0.25) is 0 Å². The second-order valence-electron chi connectivity index (χ2n) is 7.67. The van der Waals surface area contributed by atoms with Gasteiger partial charge < -0.3 is 14.6 Å². The highest BCUT2D eigenvalue weighted by molar-refractivity contribution is 9.10. The fraction of sp³-hybridized carbons (Fsp3) is 0.200. The standard InChI is InChI=1S/C25H22BrNO5S/c1-13-7-8-33-24(13)21-20(22(28)15-5-6-19(26)14(2)9-15)23(29)25(30)27(21)16-10-17(31-3)12-18(11-16)32-4/h5-12,21,28H,1-4H3/b22-20-. The molecular weight excluding hydrogens is 506 g/mol. The van der Waals surface area contributed by atoms with E-state index in [-0.39, 0.29) is 11.3 Å². The van der Waals surface area contributed by atoms with Crippen LogP contribution in [0.1, 0.15) is 27.6 Å². The number of aliphatic hydroxyl groups is 1. The van der Waals surface area contributed by atoms with Crippen molar-refractivity contribution in [2.75, 3.05) is 19.1 Å². The lowest BCUT2D eigenvalue weighted by atomic mass is 9.97. The SMILES string of the molecule is COc1cc(OC)cc(N2C(=O)C(=O)/C(=C(\O)c3ccc(Br)c(C)c3)C2c2sccc2C)c1. The lowest BCUT2D eigenvalue weighted by molar-refractivity contribution is -0.132. The first kappa shape index (κ1) is 23.1. The van der Waals surface area contributed by atoms with E-state index in [1.54, 1.807) is 36.4 Å². The number of benzene rings is 2. The number of carbonyl (C=O) groups excluding carboxylic acids is 2. The number of carbonyl (C=O) groups is 2. The molecule has 6 nitrogen and oxygen atoms in total. The zero-order chi connectivity index (χ0) is 23.9. The molecule has 1 atom stereocenters. The van der Waals surface area contributed by atoms with Crippen LogP contribution in [0.4, 0.5) is 5.69 Å². The minimum Gasteiger partial charge on any atom is -0.507 e. The number of ketones is 1. The van der Waals surface area contributed by atoms with Gasteiger partial charge in [0.15, 0.2) is 0 Å². The average Bonchev–Trinajstić information content (AvgIpc) is 3.34. The summed E-state index contributed by atoms with van der Waals surface area (Å²) in [5.41, 5.74) is 2.78. The summed E-state index contributed by atoms with van der Waals surface area (Å²) in [5, 5.41) is 13.2. The van der Waals surface area contributed by atoms with Crippen LogP contribution in [0.5, 0.6) is 11.5 Å². The number of nitrogens with zero attached hydrogens (tertiary/aromatic N) is 1. The van der Waals surface area contributed by atoms with E-state index in [1.807, 2.05) is 25.3 Å². The molecule has 0 saturated carbocycles. The fourth-order valence-corrected chi connectivity index (χ4v) is 5.16. The molecule has 33 heavy (non-hydrogen) atoms. The van der Waals surface area contributed by atoms with Gasteiger partial charge >= 0.3 is 0 Å². The van der Waals surface area contributed by atoms with Crippen molar-refractivity contribution in [2.24, 2.45) is 0 Å². The number of thiophene rings is 1. The Bertz CT molecular complexity index is 1270. The molecule has 0 spiro atoms. The van der Waals surface area contributed by atoms with Gasteiger partial charge in [-0.1, -0.05) is 22.0 Å². The predicted molar refractivity (Wildman–Crippen MR) is 132 cm³/mol. The Kier molecular flexibility index (Phi) is 6.32. The van der Waals surface area contributed by atoms with Crippen LogP contribution in [0.15, 0.2) is 57.9 Å². The number of aliphatic hydroxyl groups excluding tert-OH is 1. The quantitative estimate of drug-likeness (QED) is 0.259. The van der Waals surface area contributed by atoms with Crippen molar-refractivity contribution in [2.45, 2.75) is 19.9 Å². The molecule has 1 aromatic heterocycles. The number of ether oxygens (including phenoxy) is 2. The molecule has 8 heteroatoms. The second-order valence-corrected chi connectivity index (χ2v) is 9.47. The van der Waals surface area contributed by atoms with Gasteiger partial charge in [-0.2, -0.15) is 0 Å². The van der Waals surface area contributed by atoms with Crippen molar-refractivity contribution >= 4 is 50.4 Å². The Hall–Kier alpha value is -3.10. The van der Waals surface area contributed by atoms with Crippen LogP contribution in [-0.2, 0) is 9.59 Å². The molecular formula is C25H22BrNO5S. The molecule has 2 heterocycles. The van der Waals surface area contributed by atoms with Crippen LogP contribution in [0.2, 0.25) is 0 Å². The first-order valence-corrected chi connectivity index (χ1v) is 11.8. The molecule has 1 amide bonds. The molecule has 2 aromatic carbocycles. The summed E-state index contributed by atoms with van der Waals surface area (Å²) in [6, 6.07) is 11.5. The third-order valence-electron chi connectivity index (χ3n) is 5.64. The highest BCUT2D eigenvalue weighted by Crippen LogP contribution is 2.46. The van der Waals surface area contributed by atoms with Crippen molar-refractivity contribution < 1.29 is 24.2 Å². The number of hydrogen-bond acceptors (Lipinski definition) is 6. The van der Waals surface area contributed by atoms with Crippen molar-refractivity contribution in [1.82, 2.24) is 0 Å². The van der Waals surface area contributed by atoms with E-state index in [1.165, 1.54) is 30.5 Å². The van der Waals surface area contributed by atoms with Gasteiger partial charge in [0.05, 0.1) is 25.5 Å². The Morgan fingerprint density at radius 2 is 1.67 bits per heavy atom. The van der Waals surface area contributed by atoms with Crippen LogP contribution in [-0.4, -0.2) is 31.0 Å². The van der Waals surface area contributed by atoms with E-state index < -0.39 is 17.7 Å². The van der Waals surface area contributed by atoms with E-state index in [9.17, 15) is 14.7 Å². The fourth-order valence-electron chi connectivity index (χ4n) is 3.89. The average molecular weight is 528 g/mol. The van der Waals surface area contributed by atoms with E-state index in [4.69, 9.17) is 9.47 Å². The van der Waals surface area contributed by atoms with E-state index in [0.717, 1.165) is 20.5 Å². The number of rotatable bonds is 5. The molecule has 1 unspecified atom stereocenters. The number of hydrogen-bond donors (Lipinski definition) is 1. The molecule has 1 fully saturated rings. The first-order chi connectivity index (χ1) is 15.8. The molecule has 170 valence electrons. The van der Waals surface area contributed by atoms with Gasteiger partial charge in [0.1, 0.15) is 23.3 Å². The van der Waals surface area contributed by atoms with Crippen molar-refractivity contribution in [3.8, 4) is 11.5 Å². The Morgan fingerprint density at radius 1 is 1.00 bits per heavy atom. The highest BCUT2D eigenvalue weighted by Gasteiger charge is 2.48. The molecule has 0 bridgehead atoms. The summed E-state index contributed by atoms with van der Waals surface area (Å²) in [6.07, 6.45) is 0. The lowest BCUT2D eigenvalue weighted by Gasteiger charge is -2.25. The number of anilines is 1. The zero-order valence-corrected chi connectivity index (χ0v) is 20.9. The molecule has 0 radical (unpaired) electrons. The number of Topliss-reactive ketones (excluding diaryl/α,β-unsaturated/α-hetero) is 1. The van der Waals surface area contributed by atoms with Crippen LogP contribution >= 0.6 is 27.3 Å². The van der Waals surface area contributed by atoms with E-state index in [2.05, 4.69) is 15.9 Å². The number of methoxy groups -OCH3 is 2. The summed E-state index contributed by atoms with van der Waals surface area (Å²) in [5.74, 6) is -0.710. The molecule has 1 saturated heterocycles. The summed E-state index contributed by atoms with van der Waals surface area (Å²) in [7, 11) is 3.03. The Labute approximate surface area is 204 Å². The maximum absolute atomic E-state index is 13.3. The Balaban J connectivity index is 1.97. The number of amides is 1. The highest BCUT2D eigenvalue weighted by atomic mass is 79.9. The largest absolute Gasteiger partial charge is 0.507 e. The predicted octanol–water partition coefficient (Wildman–Crippen LogP) is 5.77. The van der Waals surface area contributed by atoms with Gasteiger partial charge in [0, 0.05) is 33.1 Å². The minimum atomic E-state index is -0.786. The van der Waals surface area contributed by atoms with Gasteiger partial charge in [-0.05, 0) is 48.6 Å². The first-order valence-electron chi connectivity index (χ1n) is 10.1. The van der Waals surface area contributed by atoms with Gasteiger partial charge in [-0.25, -0.2) is 0 Å². The van der Waals surface area contributed by atoms with Gasteiger partial charge in [-0.15, -0.1) is 11.3 Å². The van der Waals surface area contributed by atoms with E-state index >= 15 is 0 Å². The summed E-state index contributed by atoms with van der Waals surface area (Å²) < 4.78 is 11.6. The summed E-state index contributed by atoms with van der Waals surface area (Å²) in [4.78, 5) is 28.8. The van der Waals surface area contributed by atoms with Crippen LogP contribution in [0.3, 0.4) is 0 Å².